The van der Waals surface area contributed by atoms with Gasteiger partial charge in [-0.05, 0) is 18.6 Å². The number of halogens is 1. The molecule has 6 heteroatoms. The van der Waals surface area contributed by atoms with Gasteiger partial charge in [-0.25, -0.2) is 9.18 Å². The SMILES string of the molecule is O=C(O)N1CCN[C@H](CCNc2ccccc2F)C1. The van der Waals surface area contributed by atoms with E-state index in [4.69, 9.17) is 5.11 Å². The molecule has 0 aromatic heterocycles. The van der Waals surface area contributed by atoms with E-state index in [2.05, 4.69) is 10.6 Å². The smallest absolute Gasteiger partial charge is 0.407 e. The quantitative estimate of drug-likeness (QED) is 0.775. The number of hydrogen-bond acceptors (Lipinski definition) is 3. The molecular formula is C13H18FN3O2. The van der Waals surface area contributed by atoms with Crippen molar-refractivity contribution in [3.63, 3.8) is 0 Å². The van der Waals surface area contributed by atoms with E-state index in [1.165, 1.54) is 11.0 Å². The van der Waals surface area contributed by atoms with Crippen LogP contribution in [-0.4, -0.2) is 48.3 Å². The molecule has 1 amide bonds. The highest BCUT2D eigenvalue weighted by Gasteiger charge is 2.22. The number of nitrogens with one attached hydrogen (secondary N) is 2. The van der Waals surface area contributed by atoms with Gasteiger partial charge in [0.15, 0.2) is 0 Å². The minimum atomic E-state index is -0.881. The monoisotopic (exact) mass is 267 g/mol. The highest BCUT2D eigenvalue weighted by atomic mass is 19.1. The number of anilines is 1. The maximum atomic E-state index is 13.4. The van der Waals surface area contributed by atoms with Gasteiger partial charge in [0.2, 0.25) is 0 Å². The molecule has 5 nitrogen and oxygen atoms in total. The van der Waals surface area contributed by atoms with Gasteiger partial charge in [0.05, 0.1) is 5.69 Å². The predicted octanol–water partition coefficient (Wildman–Crippen LogP) is 1.58. The van der Waals surface area contributed by atoms with Crippen LogP contribution in [0.1, 0.15) is 6.42 Å². The van der Waals surface area contributed by atoms with Gasteiger partial charge in [-0.1, -0.05) is 12.1 Å². The lowest BCUT2D eigenvalue weighted by Gasteiger charge is -2.31. The zero-order valence-electron chi connectivity index (χ0n) is 10.6. The normalized spacial score (nSPS) is 19.2. The Balaban J connectivity index is 1.77. The number of amides is 1. The van der Waals surface area contributed by atoms with Crippen molar-refractivity contribution in [2.45, 2.75) is 12.5 Å². The number of benzene rings is 1. The summed E-state index contributed by atoms with van der Waals surface area (Å²) in [6.07, 6.45) is -0.133. The average molecular weight is 267 g/mol. The fourth-order valence-electron chi connectivity index (χ4n) is 2.18. The van der Waals surface area contributed by atoms with E-state index in [0.717, 1.165) is 6.42 Å². The molecule has 1 aromatic rings. The molecule has 1 saturated heterocycles. The second-order valence-electron chi connectivity index (χ2n) is 4.57. The second-order valence-corrected chi connectivity index (χ2v) is 4.57. The van der Waals surface area contributed by atoms with Crippen LogP contribution in [0.25, 0.3) is 0 Å². The van der Waals surface area contributed by atoms with Crippen LogP contribution in [0, 0.1) is 5.82 Å². The second kappa shape index (κ2) is 6.38. The van der Waals surface area contributed by atoms with Crippen LogP contribution >= 0.6 is 0 Å². The molecule has 0 saturated carbocycles. The molecular weight excluding hydrogens is 249 g/mol. The summed E-state index contributed by atoms with van der Waals surface area (Å²) in [7, 11) is 0. The summed E-state index contributed by atoms with van der Waals surface area (Å²) in [5.41, 5.74) is 0.480. The summed E-state index contributed by atoms with van der Waals surface area (Å²) in [6.45, 7) is 2.27. The number of nitrogens with zero attached hydrogens (tertiary/aromatic N) is 1. The molecule has 1 aliphatic heterocycles. The molecule has 1 fully saturated rings. The molecule has 19 heavy (non-hydrogen) atoms. The highest BCUT2D eigenvalue weighted by molar-refractivity contribution is 5.65. The molecule has 0 aliphatic carbocycles. The van der Waals surface area contributed by atoms with E-state index in [1.54, 1.807) is 18.2 Å². The standard InChI is InChI=1S/C13H18FN3O2/c14-11-3-1-2-4-12(11)16-6-5-10-9-17(13(18)19)8-7-15-10/h1-4,10,15-16H,5-9H2,(H,18,19)/t10-/m1/s1. The van der Waals surface area contributed by atoms with Gasteiger partial charge in [0.1, 0.15) is 5.82 Å². The van der Waals surface area contributed by atoms with Crippen molar-refractivity contribution < 1.29 is 14.3 Å². The molecule has 0 spiro atoms. The molecule has 2 rings (SSSR count). The van der Waals surface area contributed by atoms with Crippen LogP contribution in [0.15, 0.2) is 24.3 Å². The summed E-state index contributed by atoms with van der Waals surface area (Å²) < 4.78 is 13.4. The third-order valence-corrected chi connectivity index (χ3v) is 3.21. The lowest BCUT2D eigenvalue weighted by atomic mass is 10.1. The van der Waals surface area contributed by atoms with E-state index in [-0.39, 0.29) is 11.9 Å². The Kier molecular flexibility index (Phi) is 4.57. The predicted molar refractivity (Wildman–Crippen MR) is 70.9 cm³/mol. The lowest BCUT2D eigenvalue weighted by molar-refractivity contribution is 0.128. The molecule has 3 N–H and O–H groups in total. The maximum Gasteiger partial charge on any atom is 0.407 e. The van der Waals surface area contributed by atoms with E-state index in [0.29, 0.717) is 31.9 Å². The van der Waals surface area contributed by atoms with Crippen LogP contribution in [0.5, 0.6) is 0 Å². The number of hydrogen-bond donors (Lipinski definition) is 3. The first kappa shape index (κ1) is 13.6. The van der Waals surface area contributed by atoms with Crippen LogP contribution in [0.3, 0.4) is 0 Å². The Morgan fingerprint density at radius 3 is 3.05 bits per heavy atom. The molecule has 1 aliphatic rings. The van der Waals surface area contributed by atoms with Crippen molar-refractivity contribution in [3.05, 3.63) is 30.1 Å². The van der Waals surface area contributed by atoms with Crippen LogP contribution in [0.4, 0.5) is 14.9 Å². The zero-order chi connectivity index (χ0) is 13.7. The Morgan fingerprint density at radius 1 is 1.53 bits per heavy atom. The van der Waals surface area contributed by atoms with Crippen molar-refractivity contribution >= 4 is 11.8 Å². The molecule has 0 unspecified atom stereocenters. The molecule has 1 aromatic carbocycles. The Morgan fingerprint density at radius 2 is 2.32 bits per heavy atom. The van der Waals surface area contributed by atoms with Gasteiger partial charge in [-0.2, -0.15) is 0 Å². The Hall–Kier alpha value is -1.82. The van der Waals surface area contributed by atoms with Gasteiger partial charge < -0.3 is 20.6 Å². The summed E-state index contributed by atoms with van der Waals surface area (Å²) in [5, 5.41) is 15.2. The number of rotatable bonds is 4. The number of piperazine rings is 1. The summed E-state index contributed by atoms with van der Waals surface area (Å²) in [6, 6.07) is 6.63. The third-order valence-electron chi connectivity index (χ3n) is 3.21. The minimum Gasteiger partial charge on any atom is -0.465 e. The zero-order valence-corrected chi connectivity index (χ0v) is 10.6. The van der Waals surface area contributed by atoms with E-state index in [9.17, 15) is 9.18 Å². The fourth-order valence-corrected chi connectivity index (χ4v) is 2.18. The Labute approximate surface area is 111 Å². The first-order valence-corrected chi connectivity index (χ1v) is 6.36. The molecule has 1 heterocycles. The summed E-state index contributed by atoms with van der Waals surface area (Å²) in [4.78, 5) is 12.3. The lowest BCUT2D eigenvalue weighted by Crippen LogP contribution is -2.52. The van der Waals surface area contributed by atoms with Crippen molar-refractivity contribution in [3.8, 4) is 0 Å². The summed E-state index contributed by atoms with van der Waals surface area (Å²) in [5.74, 6) is -0.272. The van der Waals surface area contributed by atoms with E-state index < -0.39 is 6.09 Å². The van der Waals surface area contributed by atoms with E-state index in [1.807, 2.05) is 0 Å². The first-order valence-electron chi connectivity index (χ1n) is 6.36. The molecule has 0 radical (unpaired) electrons. The van der Waals surface area contributed by atoms with Gasteiger partial charge in [-0.3, -0.25) is 0 Å². The topological polar surface area (TPSA) is 64.6 Å². The Bertz CT molecular complexity index is 442. The molecule has 104 valence electrons. The highest BCUT2D eigenvalue weighted by Crippen LogP contribution is 2.12. The van der Waals surface area contributed by atoms with Crippen molar-refractivity contribution in [1.82, 2.24) is 10.2 Å². The van der Waals surface area contributed by atoms with Gasteiger partial charge in [0.25, 0.3) is 0 Å². The van der Waals surface area contributed by atoms with Crippen LogP contribution in [0.2, 0.25) is 0 Å². The van der Waals surface area contributed by atoms with E-state index >= 15 is 0 Å². The third kappa shape index (κ3) is 3.82. The van der Waals surface area contributed by atoms with Crippen molar-refractivity contribution in [2.24, 2.45) is 0 Å². The number of carbonyl (C=O) groups is 1. The average Bonchev–Trinajstić information content (AvgIpc) is 2.41. The van der Waals surface area contributed by atoms with Crippen molar-refractivity contribution in [1.29, 1.82) is 0 Å². The van der Waals surface area contributed by atoms with Crippen LogP contribution in [-0.2, 0) is 0 Å². The number of para-hydroxylation sites is 1. The maximum absolute atomic E-state index is 13.4. The molecule has 0 bridgehead atoms. The summed E-state index contributed by atoms with van der Waals surface area (Å²) >= 11 is 0. The molecule has 1 atom stereocenters. The minimum absolute atomic E-state index is 0.115. The van der Waals surface area contributed by atoms with Gasteiger partial charge >= 0.3 is 6.09 Å². The van der Waals surface area contributed by atoms with Gasteiger partial charge in [0, 0.05) is 32.2 Å². The fraction of sp³-hybridized carbons (Fsp3) is 0.462. The number of carboxylic acid groups (broad SMARTS) is 1. The van der Waals surface area contributed by atoms with Gasteiger partial charge in [-0.15, -0.1) is 0 Å². The van der Waals surface area contributed by atoms with Crippen molar-refractivity contribution in [2.75, 3.05) is 31.5 Å². The first-order chi connectivity index (χ1) is 9.16. The van der Waals surface area contributed by atoms with Crippen LogP contribution < -0.4 is 10.6 Å². The largest absolute Gasteiger partial charge is 0.465 e.